The van der Waals surface area contributed by atoms with Crippen molar-refractivity contribution in [3.8, 4) is 28.7 Å². The van der Waals surface area contributed by atoms with Crippen molar-refractivity contribution in [1.82, 2.24) is 39.9 Å². The molecule has 2 aromatic carbocycles. The molecule has 0 atom stereocenters. The minimum atomic E-state index is -0.134. The summed E-state index contributed by atoms with van der Waals surface area (Å²) >= 11 is 1.40. The lowest BCUT2D eigenvalue weighted by Crippen LogP contribution is -2.12. The monoisotopic (exact) mass is 552 g/mol. The van der Waals surface area contributed by atoms with Crippen LogP contribution in [0.3, 0.4) is 0 Å². The number of ether oxygens (including phenoxy) is 1. The number of aromatic nitrogens is 8. The number of thioether (sulfide) groups is 1. The minimum absolute atomic E-state index is 0.134. The molecule has 202 valence electrons. The molecule has 4 aromatic heterocycles. The molecule has 0 aliphatic rings. The van der Waals surface area contributed by atoms with Gasteiger partial charge in [-0.3, -0.25) is 0 Å². The Labute approximate surface area is 234 Å². The summed E-state index contributed by atoms with van der Waals surface area (Å²) in [4.78, 5) is 15.0. The van der Waals surface area contributed by atoms with Gasteiger partial charge in [-0.15, -0.1) is 10.2 Å². The second-order valence-electron chi connectivity index (χ2n) is 10.2. The number of anilines is 3. The number of H-pyrrole nitrogens is 2. The highest BCUT2D eigenvalue weighted by molar-refractivity contribution is 7.98. The van der Waals surface area contributed by atoms with Crippen molar-refractivity contribution in [2.75, 3.05) is 17.3 Å². The van der Waals surface area contributed by atoms with E-state index in [4.69, 9.17) is 15.6 Å². The van der Waals surface area contributed by atoms with E-state index < -0.39 is 0 Å². The lowest BCUT2D eigenvalue weighted by atomic mass is 9.92. The molecule has 0 fully saturated rings. The van der Waals surface area contributed by atoms with Crippen LogP contribution in [0.15, 0.2) is 72.0 Å². The van der Waals surface area contributed by atoms with Gasteiger partial charge in [0.25, 0.3) is 0 Å². The zero-order valence-corrected chi connectivity index (χ0v) is 23.2. The van der Waals surface area contributed by atoms with Gasteiger partial charge in [-0.1, -0.05) is 32.5 Å². The SMILES string of the molecule is CSc1nc(N)cc(Oc2ccc(-c3nnc(Nc4cc(C(C)(C)C)nn4-c4ccc5[nH]ccc5c4)[nH]3)cc2)n1. The molecule has 0 bridgehead atoms. The first-order chi connectivity index (χ1) is 19.2. The number of hydrogen-bond acceptors (Lipinski definition) is 9. The predicted octanol–water partition coefficient (Wildman–Crippen LogP) is 6.07. The summed E-state index contributed by atoms with van der Waals surface area (Å²) < 4.78 is 7.76. The molecule has 12 heteroatoms. The topological polar surface area (TPSA) is 148 Å². The number of aromatic amines is 2. The average molecular weight is 553 g/mol. The average Bonchev–Trinajstić information content (AvgIpc) is 3.68. The molecule has 0 aliphatic carbocycles. The molecule has 0 saturated heterocycles. The van der Waals surface area contributed by atoms with Crippen LogP contribution in [0.5, 0.6) is 11.6 Å². The summed E-state index contributed by atoms with van der Waals surface area (Å²) in [6, 6.07) is 19.3. The van der Waals surface area contributed by atoms with Gasteiger partial charge >= 0.3 is 0 Å². The fraction of sp³-hybridized carbons (Fsp3) is 0.179. The van der Waals surface area contributed by atoms with Crippen LogP contribution in [0, 0.1) is 0 Å². The van der Waals surface area contributed by atoms with E-state index in [0.717, 1.165) is 33.7 Å². The van der Waals surface area contributed by atoms with E-state index in [0.29, 0.717) is 34.4 Å². The first-order valence-electron chi connectivity index (χ1n) is 12.6. The van der Waals surface area contributed by atoms with Gasteiger partial charge in [-0.2, -0.15) is 10.1 Å². The molecule has 0 amide bonds. The third kappa shape index (κ3) is 5.21. The number of fused-ring (bicyclic) bond motifs is 1. The van der Waals surface area contributed by atoms with Crippen LogP contribution in [0.25, 0.3) is 28.0 Å². The number of nitrogens with zero attached hydrogens (tertiary/aromatic N) is 6. The number of nitrogen functional groups attached to an aromatic ring is 1. The summed E-state index contributed by atoms with van der Waals surface area (Å²) in [5, 5.41) is 18.6. The lowest BCUT2D eigenvalue weighted by molar-refractivity contribution is 0.456. The maximum Gasteiger partial charge on any atom is 0.227 e. The second-order valence-corrected chi connectivity index (χ2v) is 11.0. The Balaban J connectivity index is 1.24. The van der Waals surface area contributed by atoms with Gasteiger partial charge in [0.05, 0.1) is 11.4 Å². The van der Waals surface area contributed by atoms with E-state index in [1.54, 1.807) is 6.07 Å². The molecular weight excluding hydrogens is 524 g/mol. The van der Waals surface area contributed by atoms with Gasteiger partial charge in [0.2, 0.25) is 11.8 Å². The van der Waals surface area contributed by atoms with Crippen LogP contribution in [0.2, 0.25) is 0 Å². The van der Waals surface area contributed by atoms with Crippen molar-refractivity contribution in [2.45, 2.75) is 31.3 Å². The molecule has 0 unspecified atom stereocenters. The Morgan fingerprint density at radius 1 is 0.975 bits per heavy atom. The molecule has 6 aromatic rings. The molecule has 0 aliphatic heterocycles. The van der Waals surface area contributed by atoms with E-state index in [1.165, 1.54) is 11.8 Å². The first-order valence-corrected chi connectivity index (χ1v) is 13.8. The molecule has 0 saturated carbocycles. The van der Waals surface area contributed by atoms with Crippen molar-refractivity contribution in [1.29, 1.82) is 0 Å². The highest BCUT2D eigenvalue weighted by atomic mass is 32.2. The van der Waals surface area contributed by atoms with E-state index >= 15 is 0 Å². The Morgan fingerprint density at radius 3 is 2.58 bits per heavy atom. The standard InChI is InChI=1S/C28H28N10OS/c1-28(2,3)21-14-23(38(37-21)18-7-10-20-17(13-18)11-12-30-20)32-26-34-25(35-36-26)16-5-8-19(9-6-16)39-24-15-22(29)31-27(33-24)40-4/h5-15,30H,1-4H3,(H2,29,31,33)(H2,32,34,35,36). The minimum Gasteiger partial charge on any atom is -0.439 e. The summed E-state index contributed by atoms with van der Waals surface area (Å²) in [6.45, 7) is 6.42. The summed E-state index contributed by atoms with van der Waals surface area (Å²) in [5.41, 5.74) is 9.53. The number of rotatable bonds is 7. The van der Waals surface area contributed by atoms with E-state index in [1.807, 2.05) is 65.7 Å². The Hall–Kier alpha value is -4.84. The summed E-state index contributed by atoms with van der Waals surface area (Å²) in [5.74, 6) is 3.25. The molecule has 6 rings (SSSR count). The van der Waals surface area contributed by atoms with Crippen molar-refractivity contribution in [2.24, 2.45) is 0 Å². The third-order valence-electron chi connectivity index (χ3n) is 6.23. The Kier molecular flexibility index (Phi) is 6.39. The van der Waals surface area contributed by atoms with Gasteiger partial charge < -0.3 is 25.8 Å². The maximum absolute atomic E-state index is 5.87. The van der Waals surface area contributed by atoms with Gasteiger partial charge in [0, 0.05) is 40.2 Å². The van der Waals surface area contributed by atoms with Crippen LogP contribution >= 0.6 is 11.8 Å². The summed E-state index contributed by atoms with van der Waals surface area (Å²) in [7, 11) is 0. The summed E-state index contributed by atoms with van der Waals surface area (Å²) in [6.07, 6.45) is 3.81. The molecular formula is C28H28N10OS. The van der Waals surface area contributed by atoms with E-state index in [-0.39, 0.29) is 5.41 Å². The van der Waals surface area contributed by atoms with Gasteiger partial charge in [0.1, 0.15) is 17.4 Å². The molecule has 0 spiro atoms. The fourth-order valence-corrected chi connectivity index (χ4v) is 4.52. The number of benzene rings is 2. The lowest BCUT2D eigenvalue weighted by Gasteiger charge is -2.14. The molecule has 4 heterocycles. The maximum atomic E-state index is 5.87. The van der Waals surface area contributed by atoms with Crippen LogP contribution in [-0.4, -0.2) is 46.2 Å². The predicted molar refractivity (Wildman–Crippen MR) is 158 cm³/mol. The largest absolute Gasteiger partial charge is 0.439 e. The second kappa shape index (κ2) is 10.0. The van der Waals surface area contributed by atoms with Crippen molar-refractivity contribution < 1.29 is 4.74 Å². The quantitative estimate of drug-likeness (QED) is 0.137. The smallest absolute Gasteiger partial charge is 0.227 e. The highest BCUT2D eigenvalue weighted by Crippen LogP contribution is 2.30. The van der Waals surface area contributed by atoms with Crippen LogP contribution in [0.4, 0.5) is 17.6 Å². The van der Waals surface area contributed by atoms with Crippen LogP contribution in [-0.2, 0) is 5.41 Å². The Bertz CT molecular complexity index is 1800. The van der Waals surface area contributed by atoms with E-state index in [2.05, 4.69) is 62.3 Å². The van der Waals surface area contributed by atoms with Crippen LogP contribution < -0.4 is 15.8 Å². The first kappa shape index (κ1) is 25.4. The van der Waals surface area contributed by atoms with Crippen molar-refractivity contribution >= 4 is 40.2 Å². The number of nitrogens with one attached hydrogen (secondary N) is 3. The molecule has 11 nitrogen and oxygen atoms in total. The highest BCUT2D eigenvalue weighted by Gasteiger charge is 2.21. The zero-order chi connectivity index (χ0) is 27.9. The fourth-order valence-electron chi connectivity index (χ4n) is 4.14. The zero-order valence-electron chi connectivity index (χ0n) is 22.4. The molecule has 0 radical (unpaired) electrons. The Morgan fingerprint density at radius 2 is 1.80 bits per heavy atom. The third-order valence-corrected chi connectivity index (χ3v) is 6.77. The molecule has 40 heavy (non-hydrogen) atoms. The van der Waals surface area contributed by atoms with Gasteiger partial charge in [-0.05, 0) is 54.8 Å². The van der Waals surface area contributed by atoms with Crippen molar-refractivity contribution in [3.63, 3.8) is 0 Å². The van der Waals surface area contributed by atoms with Crippen LogP contribution in [0.1, 0.15) is 26.5 Å². The van der Waals surface area contributed by atoms with E-state index in [9.17, 15) is 0 Å². The van der Waals surface area contributed by atoms with Crippen molar-refractivity contribution in [3.05, 3.63) is 72.6 Å². The normalized spacial score (nSPS) is 11.7. The van der Waals surface area contributed by atoms with Gasteiger partial charge in [0.15, 0.2) is 11.0 Å². The number of hydrogen-bond donors (Lipinski definition) is 4. The van der Waals surface area contributed by atoms with Gasteiger partial charge in [-0.25, -0.2) is 9.67 Å². The molecule has 5 N–H and O–H groups in total. The number of nitrogens with two attached hydrogens (primary N) is 1.